The van der Waals surface area contributed by atoms with E-state index in [1.54, 1.807) is 37.4 Å². The molecule has 3 nitrogen and oxygen atoms in total. The van der Waals surface area contributed by atoms with Crippen molar-refractivity contribution in [3.63, 3.8) is 0 Å². The quantitative estimate of drug-likeness (QED) is 0.824. The van der Waals surface area contributed by atoms with E-state index in [-0.39, 0.29) is 0 Å². The van der Waals surface area contributed by atoms with Crippen LogP contribution in [0.15, 0.2) is 36.4 Å². The van der Waals surface area contributed by atoms with Crippen LogP contribution in [0.2, 0.25) is 10.0 Å². The van der Waals surface area contributed by atoms with Gasteiger partial charge >= 0.3 is 0 Å². The molecule has 5 heteroatoms. The van der Waals surface area contributed by atoms with Gasteiger partial charge in [-0.3, -0.25) is 0 Å². The molecule has 0 aliphatic rings. The number of hydrogen-bond acceptors (Lipinski definition) is 3. The molecule has 0 heterocycles. The third kappa shape index (κ3) is 2.63. The largest absolute Gasteiger partial charge is 0.495 e. The molecule has 2 rings (SSSR count). The molecule has 2 aromatic carbocycles. The van der Waals surface area contributed by atoms with Gasteiger partial charge in [0.25, 0.3) is 0 Å². The molecule has 0 spiro atoms. The van der Waals surface area contributed by atoms with E-state index in [1.165, 1.54) is 0 Å². The van der Waals surface area contributed by atoms with Crippen LogP contribution >= 0.6 is 23.2 Å². The Kier molecular flexibility index (Phi) is 3.84. The number of halogens is 2. The van der Waals surface area contributed by atoms with E-state index in [1.807, 2.05) is 6.07 Å². The number of anilines is 3. The van der Waals surface area contributed by atoms with Gasteiger partial charge in [0.2, 0.25) is 0 Å². The summed E-state index contributed by atoms with van der Waals surface area (Å²) in [5, 5.41) is 4.25. The fraction of sp³-hybridized carbons (Fsp3) is 0.0769. The average molecular weight is 283 g/mol. The molecule has 0 aliphatic carbocycles. The maximum absolute atomic E-state index is 6.08. The zero-order valence-corrected chi connectivity index (χ0v) is 11.2. The van der Waals surface area contributed by atoms with Gasteiger partial charge in [-0.25, -0.2) is 0 Å². The topological polar surface area (TPSA) is 47.3 Å². The first-order chi connectivity index (χ1) is 8.61. The van der Waals surface area contributed by atoms with Crippen molar-refractivity contribution in [2.75, 3.05) is 18.2 Å². The SMILES string of the molecule is COc1cc(Nc2c(Cl)cccc2Cl)ccc1N. The number of methoxy groups -OCH3 is 1. The summed E-state index contributed by atoms with van der Waals surface area (Å²) < 4.78 is 5.15. The number of nitrogens with two attached hydrogens (primary N) is 1. The second kappa shape index (κ2) is 5.38. The number of para-hydroxylation sites is 1. The minimum Gasteiger partial charge on any atom is -0.495 e. The molecule has 0 saturated heterocycles. The predicted molar refractivity (Wildman–Crippen MR) is 77.2 cm³/mol. The van der Waals surface area contributed by atoms with Gasteiger partial charge in [0.1, 0.15) is 5.75 Å². The van der Waals surface area contributed by atoms with Gasteiger partial charge in [0, 0.05) is 11.8 Å². The van der Waals surface area contributed by atoms with Crippen LogP contribution in [0.25, 0.3) is 0 Å². The van der Waals surface area contributed by atoms with Gasteiger partial charge in [0.15, 0.2) is 0 Å². The Morgan fingerprint density at radius 2 is 1.78 bits per heavy atom. The van der Waals surface area contributed by atoms with E-state index >= 15 is 0 Å². The summed E-state index contributed by atoms with van der Waals surface area (Å²) in [4.78, 5) is 0. The van der Waals surface area contributed by atoms with Crippen molar-refractivity contribution in [1.29, 1.82) is 0 Å². The number of benzene rings is 2. The second-order valence-corrected chi connectivity index (χ2v) is 4.49. The number of nitrogen functional groups attached to an aromatic ring is 1. The summed E-state index contributed by atoms with van der Waals surface area (Å²) >= 11 is 12.2. The lowest BCUT2D eigenvalue weighted by atomic mass is 10.2. The predicted octanol–water partition coefficient (Wildman–Crippen LogP) is 4.33. The summed E-state index contributed by atoms with van der Waals surface area (Å²) in [6, 6.07) is 10.7. The molecule has 0 atom stereocenters. The monoisotopic (exact) mass is 282 g/mol. The molecule has 0 saturated carbocycles. The van der Waals surface area contributed by atoms with Crippen LogP contribution in [0.1, 0.15) is 0 Å². The van der Waals surface area contributed by atoms with E-state index < -0.39 is 0 Å². The number of rotatable bonds is 3. The Bertz CT molecular complexity index is 553. The van der Waals surface area contributed by atoms with Crippen molar-refractivity contribution in [2.24, 2.45) is 0 Å². The van der Waals surface area contributed by atoms with Crippen LogP contribution in [-0.4, -0.2) is 7.11 Å². The van der Waals surface area contributed by atoms with E-state index in [0.717, 1.165) is 5.69 Å². The fourth-order valence-electron chi connectivity index (χ4n) is 1.55. The first kappa shape index (κ1) is 12.9. The van der Waals surface area contributed by atoms with Gasteiger partial charge < -0.3 is 15.8 Å². The Morgan fingerprint density at radius 3 is 2.39 bits per heavy atom. The van der Waals surface area contributed by atoms with Crippen molar-refractivity contribution in [3.05, 3.63) is 46.4 Å². The zero-order valence-electron chi connectivity index (χ0n) is 9.71. The molecule has 0 amide bonds. The fourth-order valence-corrected chi connectivity index (χ4v) is 2.04. The summed E-state index contributed by atoms with van der Waals surface area (Å²) in [6.45, 7) is 0. The lowest BCUT2D eigenvalue weighted by Gasteiger charge is -2.12. The lowest BCUT2D eigenvalue weighted by Crippen LogP contribution is -1.96. The molecule has 0 aromatic heterocycles. The first-order valence-corrected chi connectivity index (χ1v) is 6.02. The standard InChI is InChI=1S/C13H12Cl2N2O/c1-18-12-7-8(5-6-11(12)16)17-13-9(14)3-2-4-10(13)15/h2-7,17H,16H2,1H3. The van der Waals surface area contributed by atoms with Gasteiger partial charge in [-0.2, -0.15) is 0 Å². The molecular formula is C13H12Cl2N2O. The summed E-state index contributed by atoms with van der Waals surface area (Å²) in [5.74, 6) is 0.600. The highest BCUT2D eigenvalue weighted by Crippen LogP contribution is 2.34. The minimum absolute atomic E-state index is 0.554. The van der Waals surface area contributed by atoms with Gasteiger partial charge in [-0.15, -0.1) is 0 Å². The van der Waals surface area contributed by atoms with Crippen LogP contribution in [0, 0.1) is 0 Å². The average Bonchev–Trinajstić information content (AvgIpc) is 2.36. The van der Waals surface area contributed by atoms with Gasteiger partial charge in [-0.05, 0) is 24.3 Å². The third-order valence-electron chi connectivity index (χ3n) is 2.47. The van der Waals surface area contributed by atoms with Crippen molar-refractivity contribution in [3.8, 4) is 5.75 Å². The minimum atomic E-state index is 0.554. The van der Waals surface area contributed by atoms with Crippen LogP contribution in [0.4, 0.5) is 17.1 Å². The Balaban J connectivity index is 2.34. The van der Waals surface area contributed by atoms with Crippen molar-refractivity contribution < 1.29 is 4.74 Å². The van der Waals surface area contributed by atoms with Crippen LogP contribution in [-0.2, 0) is 0 Å². The molecule has 0 bridgehead atoms. The molecule has 18 heavy (non-hydrogen) atoms. The van der Waals surface area contributed by atoms with E-state index in [9.17, 15) is 0 Å². The highest BCUT2D eigenvalue weighted by Gasteiger charge is 2.07. The molecule has 0 fully saturated rings. The van der Waals surface area contributed by atoms with E-state index in [4.69, 9.17) is 33.7 Å². The Hall–Kier alpha value is -1.58. The Morgan fingerprint density at radius 1 is 1.11 bits per heavy atom. The number of ether oxygens (including phenoxy) is 1. The maximum atomic E-state index is 6.08. The highest BCUT2D eigenvalue weighted by molar-refractivity contribution is 6.39. The second-order valence-electron chi connectivity index (χ2n) is 3.68. The van der Waals surface area contributed by atoms with Crippen molar-refractivity contribution in [2.45, 2.75) is 0 Å². The van der Waals surface area contributed by atoms with E-state index in [2.05, 4.69) is 5.32 Å². The highest BCUT2D eigenvalue weighted by atomic mass is 35.5. The molecule has 0 aliphatic heterocycles. The van der Waals surface area contributed by atoms with Crippen LogP contribution in [0.5, 0.6) is 5.75 Å². The molecular weight excluding hydrogens is 271 g/mol. The lowest BCUT2D eigenvalue weighted by molar-refractivity contribution is 0.417. The number of hydrogen-bond donors (Lipinski definition) is 2. The summed E-state index contributed by atoms with van der Waals surface area (Å²) in [7, 11) is 1.57. The van der Waals surface area contributed by atoms with Crippen LogP contribution < -0.4 is 15.8 Å². The molecule has 0 unspecified atom stereocenters. The van der Waals surface area contributed by atoms with Crippen molar-refractivity contribution >= 4 is 40.3 Å². The van der Waals surface area contributed by atoms with E-state index in [0.29, 0.717) is 27.2 Å². The molecule has 0 radical (unpaired) electrons. The van der Waals surface area contributed by atoms with Crippen LogP contribution in [0.3, 0.4) is 0 Å². The first-order valence-electron chi connectivity index (χ1n) is 5.26. The smallest absolute Gasteiger partial charge is 0.143 e. The summed E-state index contributed by atoms with van der Waals surface area (Å²) in [5.41, 5.74) is 7.79. The summed E-state index contributed by atoms with van der Waals surface area (Å²) in [6.07, 6.45) is 0. The molecule has 2 aromatic rings. The van der Waals surface area contributed by atoms with Gasteiger partial charge in [-0.1, -0.05) is 29.3 Å². The Labute approximate surface area is 115 Å². The molecule has 3 N–H and O–H groups in total. The normalized spacial score (nSPS) is 10.2. The third-order valence-corrected chi connectivity index (χ3v) is 3.10. The zero-order chi connectivity index (χ0) is 13.1. The van der Waals surface area contributed by atoms with Gasteiger partial charge in [0.05, 0.1) is 28.5 Å². The molecule has 94 valence electrons. The van der Waals surface area contributed by atoms with Crippen molar-refractivity contribution in [1.82, 2.24) is 0 Å². The number of nitrogens with one attached hydrogen (secondary N) is 1. The maximum Gasteiger partial charge on any atom is 0.143 e.